The summed E-state index contributed by atoms with van der Waals surface area (Å²) in [6.07, 6.45) is 0. The van der Waals surface area contributed by atoms with Crippen molar-refractivity contribution in [1.29, 1.82) is 0 Å². The Morgan fingerprint density at radius 3 is 2.22 bits per heavy atom. The van der Waals surface area contributed by atoms with Gasteiger partial charge in [-0.1, -0.05) is 6.07 Å². The molecule has 1 heterocycles. The van der Waals surface area contributed by atoms with Gasteiger partial charge in [-0.2, -0.15) is 0 Å². The van der Waals surface area contributed by atoms with Crippen LogP contribution in [-0.4, -0.2) is 68.9 Å². The average molecular weight is 366 g/mol. The van der Waals surface area contributed by atoms with Gasteiger partial charge in [0.15, 0.2) is 0 Å². The van der Waals surface area contributed by atoms with Crippen LogP contribution in [0.5, 0.6) is 0 Å². The molecule has 0 spiro atoms. The molecule has 0 bridgehead atoms. The third-order valence-electron chi connectivity index (χ3n) is 4.80. The molecule has 1 saturated heterocycles. The van der Waals surface area contributed by atoms with Crippen LogP contribution in [0.2, 0.25) is 0 Å². The highest BCUT2D eigenvalue weighted by Crippen LogP contribution is 2.17. The van der Waals surface area contributed by atoms with Gasteiger partial charge in [0.25, 0.3) is 11.8 Å². The van der Waals surface area contributed by atoms with Gasteiger partial charge in [-0.15, -0.1) is 0 Å². The first kappa shape index (κ1) is 18.9. The second kappa shape index (κ2) is 8.22. The van der Waals surface area contributed by atoms with Crippen molar-refractivity contribution < 1.29 is 9.59 Å². The second-order valence-corrected chi connectivity index (χ2v) is 7.07. The molecule has 142 valence electrons. The minimum atomic E-state index is -0.170. The summed E-state index contributed by atoms with van der Waals surface area (Å²) in [5, 5.41) is 2.89. The van der Waals surface area contributed by atoms with Crippen molar-refractivity contribution in [1.82, 2.24) is 9.80 Å². The minimum Gasteiger partial charge on any atom is -0.378 e. The summed E-state index contributed by atoms with van der Waals surface area (Å²) in [6, 6.07) is 14.5. The number of rotatable bonds is 4. The van der Waals surface area contributed by atoms with Crippen molar-refractivity contribution in [3.63, 3.8) is 0 Å². The first-order valence-electron chi connectivity index (χ1n) is 9.10. The molecule has 6 nitrogen and oxygen atoms in total. The number of piperazine rings is 1. The maximum absolute atomic E-state index is 12.6. The predicted molar refractivity (Wildman–Crippen MR) is 109 cm³/mol. The van der Waals surface area contributed by atoms with Gasteiger partial charge in [0.05, 0.1) is 0 Å². The number of hydrogen-bond acceptors (Lipinski definition) is 4. The molecule has 0 atom stereocenters. The maximum Gasteiger partial charge on any atom is 0.255 e. The highest BCUT2D eigenvalue weighted by Gasteiger charge is 2.20. The number of nitrogens with zero attached hydrogens (tertiary/aromatic N) is 3. The van der Waals surface area contributed by atoms with E-state index in [9.17, 15) is 9.59 Å². The average Bonchev–Trinajstić information content (AvgIpc) is 2.68. The predicted octanol–water partition coefficient (Wildman–Crippen LogP) is 2.39. The molecule has 2 aromatic carbocycles. The Balaban J connectivity index is 1.64. The molecule has 6 heteroatoms. The standard InChI is InChI=1S/C21H26N4O2/c1-23(2)19-6-4-5-17(15-19)20(26)22-18-9-7-16(8-10-18)21(27)25-13-11-24(3)12-14-25/h4-10,15H,11-14H2,1-3H3,(H,22,26). The normalized spacial score (nSPS) is 14.7. The topological polar surface area (TPSA) is 55.9 Å². The van der Waals surface area contributed by atoms with Gasteiger partial charge >= 0.3 is 0 Å². The van der Waals surface area contributed by atoms with E-state index in [-0.39, 0.29) is 11.8 Å². The van der Waals surface area contributed by atoms with Crippen molar-refractivity contribution in [3.05, 3.63) is 59.7 Å². The van der Waals surface area contributed by atoms with Crippen LogP contribution in [0.15, 0.2) is 48.5 Å². The first-order chi connectivity index (χ1) is 12.9. The van der Waals surface area contributed by atoms with E-state index in [0.29, 0.717) is 16.8 Å². The lowest BCUT2D eigenvalue weighted by atomic mass is 10.1. The molecule has 0 radical (unpaired) electrons. The Bertz CT molecular complexity index is 809. The highest BCUT2D eigenvalue weighted by molar-refractivity contribution is 6.05. The van der Waals surface area contributed by atoms with Crippen molar-refractivity contribution in [2.24, 2.45) is 0 Å². The number of likely N-dealkylation sites (N-methyl/N-ethyl adjacent to an activating group) is 1. The molecule has 3 rings (SSSR count). The summed E-state index contributed by atoms with van der Waals surface area (Å²) in [7, 11) is 5.94. The monoisotopic (exact) mass is 366 g/mol. The third kappa shape index (κ3) is 4.65. The minimum absolute atomic E-state index is 0.0414. The van der Waals surface area contributed by atoms with Crippen LogP contribution in [0.3, 0.4) is 0 Å². The van der Waals surface area contributed by atoms with Gasteiger partial charge in [0, 0.05) is 62.8 Å². The highest BCUT2D eigenvalue weighted by atomic mass is 16.2. The first-order valence-corrected chi connectivity index (χ1v) is 9.10. The van der Waals surface area contributed by atoms with Gasteiger partial charge in [-0.05, 0) is 49.5 Å². The molecule has 27 heavy (non-hydrogen) atoms. The van der Waals surface area contributed by atoms with Crippen LogP contribution in [0.4, 0.5) is 11.4 Å². The molecule has 0 aromatic heterocycles. The van der Waals surface area contributed by atoms with Crippen LogP contribution < -0.4 is 10.2 Å². The van der Waals surface area contributed by atoms with Crippen LogP contribution in [0, 0.1) is 0 Å². The number of hydrogen-bond donors (Lipinski definition) is 1. The Kier molecular flexibility index (Phi) is 5.76. The molecular weight excluding hydrogens is 340 g/mol. The van der Waals surface area contributed by atoms with E-state index in [1.807, 2.05) is 42.1 Å². The van der Waals surface area contributed by atoms with Gasteiger partial charge < -0.3 is 20.0 Å². The number of benzene rings is 2. The number of nitrogens with one attached hydrogen (secondary N) is 1. The summed E-state index contributed by atoms with van der Waals surface area (Å²) >= 11 is 0. The van der Waals surface area contributed by atoms with Crippen molar-refractivity contribution in [2.45, 2.75) is 0 Å². The fourth-order valence-corrected chi connectivity index (χ4v) is 3.02. The van der Waals surface area contributed by atoms with Gasteiger partial charge in [-0.25, -0.2) is 0 Å². The zero-order valence-corrected chi connectivity index (χ0v) is 16.1. The summed E-state index contributed by atoms with van der Waals surface area (Å²) in [6.45, 7) is 3.28. The largest absolute Gasteiger partial charge is 0.378 e. The van der Waals surface area contributed by atoms with E-state index in [0.717, 1.165) is 31.9 Å². The van der Waals surface area contributed by atoms with Crippen LogP contribution in [0.1, 0.15) is 20.7 Å². The molecule has 0 aliphatic carbocycles. The molecule has 1 N–H and O–H groups in total. The lowest BCUT2D eigenvalue weighted by Gasteiger charge is -2.32. The molecule has 2 amide bonds. The van der Waals surface area contributed by atoms with E-state index in [1.54, 1.807) is 30.3 Å². The molecule has 0 saturated carbocycles. The number of amides is 2. The number of carbonyl (C=O) groups is 2. The molecular formula is C21H26N4O2. The zero-order valence-electron chi connectivity index (χ0n) is 16.1. The second-order valence-electron chi connectivity index (χ2n) is 7.07. The van der Waals surface area contributed by atoms with Crippen molar-refractivity contribution in [2.75, 3.05) is 57.5 Å². The molecule has 0 unspecified atom stereocenters. The van der Waals surface area contributed by atoms with E-state index in [1.165, 1.54) is 0 Å². The smallest absolute Gasteiger partial charge is 0.255 e. The summed E-state index contributed by atoms with van der Waals surface area (Å²) in [4.78, 5) is 31.1. The van der Waals surface area contributed by atoms with Crippen LogP contribution >= 0.6 is 0 Å². The molecule has 1 fully saturated rings. The Labute approximate surface area is 160 Å². The Morgan fingerprint density at radius 1 is 0.926 bits per heavy atom. The Hall–Kier alpha value is -2.86. The van der Waals surface area contributed by atoms with E-state index >= 15 is 0 Å². The van der Waals surface area contributed by atoms with Crippen molar-refractivity contribution in [3.8, 4) is 0 Å². The fraction of sp³-hybridized carbons (Fsp3) is 0.333. The fourth-order valence-electron chi connectivity index (χ4n) is 3.02. The van der Waals surface area contributed by atoms with E-state index < -0.39 is 0 Å². The molecule has 1 aliphatic heterocycles. The Morgan fingerprint density at radius 2 is 1.59 bits per heavy atom. The van der Waals surface area contributed by atoms with E-state index in [4.69, 9.17) is 0 Å². The molecule has 2 aromatic rings. The third-order valence-corrected chi connectivity index (χ3v) is 4.80. The van der Waals surface area contributed by atoms with Gasteiger partial charge in [0.1, 0.15) is 0 Å². The van der Waals surface area contributed by atoms with Gasteiger partial charge in [0.2, 0.25) is 0 Å². The van der Waals surface area contributed by atoms with Crippen molar-refractivity contribution >= 4 is 23.2 Å². The molecule has 1 aliphatic rings. The lowest BCUT2D eigenvalue weighted by molar-refractivity contribution is 0.0664. The summed E-state index contributed by atoms with van der Waals surface area (Å²) < 4.78 is 0. The summed E-state index contributed by atoms with van der Waals surface area (Å²) in [5.41, 5.74) is 2.88. The quantitative estimate of drug-likeness (QED) is 0.903. The van der Waals surface area contributed by atoms with Crippen LogP contribution in [-0.2, 0) is 0 Å². The number of carbonyl (C=O) groups excluding carboxylic acids is 2. The SMILES string of the molecule is CN1CCN(C(=O)c2ccc(NC(=O)c3cccc(N(C)C)c3)cc2)CC1. The maximum atomic E-state index is 12.6. The number of anilines is 2. The van der Waals surface area contributed by atoms with Crippen LogP contribution in [0.25, 0.3) is 0 Å². The zero-order chi connectivity index (χ0) is 19.4. The van der Waals surface area contributed by atoms with Gasteiger partial charge in [-0.3, -0.25) is 9.59 Å². The lowest BCUT2D eigenvalue weighted by Crippen LogP contribution is -2.47. The van der Waals surface area contributed by atoms with E-state index in [2.05, 4.69) is 17.3 Å². The summed E-state index contributed by atoms with van der Waals surface area (Å²) in [5.74, 6) is -0.128.